The number of nitrogens with one attached hydrogen (secondary N) is 1. The molecule has 1 atom stereocenters. The molecule has 0 spiro atoms. The van der Waals surface area contributed by atoms with Crippen molar-refractivity contribution >= 4 is 28.5 Å². The highest BCUT2D eigenvalue weighted by Gasteiger charge is 2.25. The summed E-state index contributed by atoms with van der Waals surface area (Å²) < 4.78 is 5.60. The summed E-state index contributed by atoms with van der Waals surface area (Å²) in [5.74, 6) is 0.904. The van der Waals surface area contributed by atoms with E-state index in [9.17, 15) is 4.79 Å². The molecule has 0 aromatic carbocycles. The van der Waals surface area contributed by atoms with E-state index >= 15 is 0 Å². The molecule has 16 heavy (non-hydrogen) atoms. The summed E-state index contributed by atoms with van der Waals surface area (Å²) >= 11 is 2.25. The fraction of sp³-hybridized carbons (Fsp3) is 0.909. The number of rotatable bonds is 2. The summed E-state index contributed by atoms with van der Waals surface area (Å²) in [5.41, 5.74) is 0. The number of nitrogens with zero attached hydrogens (tertiary/aromatic N) is 1. The van der Waals surface area contributed by atoms with Gasteiger partial charge in [-0.25, -0.2) is 0 Å². The number of hydrogen-bond donors (Lipinski definition) is 1. The number of carbonyl (C=O) groups is 1. The fourth-order valence-corrected chi connectivity index (χ4v) is 3.03. The van der Waals surface area contributed by atoms with Crippen LogP contribution in [0.15, 0.2) is 0 Å². The minimum absolute atomic E-state index is 0.170. The smallest absolute Gasteiger partial charge is 0.223 e. The summed E-state index contributed by atoms with van der Waals surface area (Å²) in [6.07, 6.45) is 3.01. The monoisotopic (exact) mass is 338 g/mol. The summed E-state index contributed by atoms with van der Waals surface area (Å²) in [4.78, 5) is 14.0. The van der Waals surface area contributed by atoms with Crippen LogP contribution in [-0.2, 0) is 9.53 Å². The molecule has 2 aliphatic rings. The fourth-order valence-electron chi connectivity index (χ4n) is 2.30. The molecule has 1 unspecified atom stereocenters. The van der Waals surface area contributed by atoms with Gasteiger partial charge in [0.05, 0.1) is 13.2 Å². The molecule has 0 radical (unpaired) electrons. The van der Waals surface area contributed by atoms with Gasteiger partial charge in [0.15, 0.2) is 0 Å². The zero-order chi connectivity index (χ0) is 11.4. The number of piperidine rings is 1. The first-order valence-electron chi connectivity index (χ1n) is 6.00. The van der Waals surface area contributed by atoms with Crippen LogP contribution in [-0.4, -0.2) is 47.7 Å². The van der Waals surface area contributed by atoms with Gasteiger partial charge < -0.3 is 15.0 Å². The SMILES string of the molecule is O=C(CC1CCNCC1)N1CCOC(I)C1. The Kier molecular flexibility index (Phi) is 4.84. The van der Waals surface area contributed by atoms with Gasteiger partial charge in [-0.1, -0.05) is 0 Å². The lowest BCUT2D eigenvalue weighted by Crippen LogP contribution is -2.44. The molecule has 0 aromatic heterocycles. The lowest BCUT2D eigenvalue weighted by atomic mass is 9.94. The van der Waals surface area contributed by atoms with E-state index in [-0.39, 0.29) is 4.11 Å². The van der Waals surface area contributed by atoms with Crippen molar-refractivity contribution in [3.8, 4) is 0 Å². The Morgan fingerprint density at radius 1 is 1.44 bits per heavy atom. The Labute approximate surface area is 110 Å². The summed E-state index contributed by atoms with van der Waals surface area (Å²) in [7, 11) is 0. The van der Waals surface area contributed by atoms with Crippen LogP contribution in [0.3, 0.4) is 0 Å². The third-order valence-electron chi connectivity index (χ3n) is 3.30. The average Bonchev–Trinajstić information content (AvgIpc) is 2.30. The van der Waals surface area contributed by atoms with Crippen molar-refractivity contribution in [2.45, 2.75) is 23.4 Å². The van der Waals surface area contributed by atoms with Gasteiger partial charge in [-0.05, 0) is 54.4 Å². The third kappa shape index (κ3) is 3.56. The highest BCUT2D eigenvalue weighted by molar-refractivity contribution is 14.1. The van der Waals surface area contributed by atoms with E-state index in [1.165, 1.54) is 0 Å². The maximum absolute atomic E-state index is 12.1. The zero-order valence-electron chi connectivity index (χ0n) is 9.45. The van der Waals surface area contributed by atoms with E-state index in [0.29, 0.717) is 18.4 Å². The Morgan fingerprint density at radius 3 is 2.88 bits per heavy atom. The molecule has 2 rings (SSSR count). The van der Waals surface area contributed by atoms with Gasteiger partial charge in [-0.15, -0.1) is 0 Å². The quantitative estimate of drug-likeness (QED) is 0.603. The standard InChI is InChI=1S/C11H19IN2O2/c12-10-8-14(5-6-16-10)11(15)7-9-1-3-13-4-2-9/h9-10,13H,1-8H2. The molecule has 0 bridgehead atoms. The van der Waals surface area contributed by atoms with E-state index < -0.39 is 0 Å². The molecule has 0 aromatic rings. The molecular formula is C11H19IN2O2. The Bertz CT molecular complexity index is 244. The van der Waals surface area contributed by atoms with E-state index in [1.807, 2.05) is 4.90 Å². The molecular weight excluding hydrogens is 319 g/mol. The second-order valence-electron chi connectivity index (χ2n) is 4.52. The van der Waals surface area contributed by atoms with Crippen molar-refractivity contribution in [1.29, 1.82) is 0 Å². The molecule has 4 nitrogen and oxygen atoms in total. The summed E-state index contributed by atoms with van der Waals surface area (Å²) in [6, 6.07) is 0. The first kappa shape index (κ1) is 12.6. The molecule has 5 heteroatoms. The largest absolute Gasteiger partial charge is 0.364 e. The second kappa shape index (κ2) is 6.16. The maximum atomic E-state index is 12.1. The number of ether oxygens (including phenoxy) is 1. The lowest BCUT2D eigenvalue weighted by molar-refractivity contribution is -0.136. The van der Waals surface area contributed by atoms with Crippen LogP contribution in [0.1, 0.15) is 19.3 Å². The van der Waals surface area contributed by atoms with Crippen molar-refractivity contribution in [2.24, 2.45) is 5.92 Å². The van der Waals surface area contributed by atoms with Crippen molar-refractivity contribution in [3.63, 3.8) is 0 Å². The summed E-state index contributed by atoms with van der Waals surface area (Å²) in [6.45, 7) is 4.34. The number of morpholine rings is 1. The first-order valence-corrected chi connectivity index (χ1v) is 7.24. The van der Waals surface area contributed by atoms with Crippen molar-refractivity contribution in [1.82, 2.24) is 10.2 Å². The van der Waals surface area contributed by atoms with Crippen LogP contribution in [0.25, 0.3) is 0 Å². The maximum Gasteiger partial charge on any atom is 0.223 e. The molecule has 1 N–H and O–H groups in total. The van der Waals surface area contributed by atoms with Crippen LogP contribution in [0, 0.1) is 5.92 Å². The normalized spacial score (nSPS) is 28.1. The highest BCUT2D eigenvalue weighted by Crippen LogP contribution is 2.19. The average molecular weight is 338 g/mol. The van der Waals surface area contributed by atoms with Gasteiger partial charge in [0.2, 0.25) is 5.91 Å². The van der Waals surface area contributed by atoms with Crippen LogP contribution in [0.5, 0.6) is 0 Å². The Hall–Kier alpha value is 0.120. The van der Waals surface area contributed by atoms with Gasteiger partial charge >= 0.3 is 0 Å². The van der Waals surface area contributed by atoms with E-state index in [2.05, 4.69) is 27.9 Å². The van der Waals surface area contributed by atoms with Gasteiger partial charge in [-0.2, -0.15) is 0 Å². The molecule has 2 heterocycles. The predicted molar refractivity (Wildman–Crippen MR) is 70.6 cm³/mol. The molecule has 2 aliphatic heterocycles. The highest BCUT2D eigenvalue weighted by atomic mass is 127. The molecule has 1 amide bonds. The van der Waals surface area contributed by atoms with E-state index in [1.54, 1.807) is 0 Å². The third-order valence-corrected chi connectivity index (χ3v) is 4.05. The van der Waals surface area contributed by atoms with Crippen LogP contribution >= 0.6 is 22.6 Å². The van der Waals surface area contributed by atoms with Crippen molar-refractivity contribution in [2.75, 3.05) is 32.8 Å². The zero-order valence-corrected chi connectivity index (χ0v) is 11.6. The van der Waals surface area contributed by atoms with Crippen molar-refractivity contribution < 1.29 is 9.53 Å². The second-order valence-corrected chi connectivity index (χ2v) is 5.91. The molecule has 0 saturated carbocycles. The lowest BCUT2D eigenvalue weighted by Gasteiger charge is -2.32. The minimum Gasteiger partial charge on any atom is -0.364 e. The number of halogens is 1. The molecule has 92 valence electrons. The van der Waals surface area contributed by atoms with Crippen LogP contribution in [0.2, 0.25) is 0 Å². The Balaban J connectivity index is 1.77. The van der Waals surface area contributed by atoms with Crippen LogP contribution < -0.4 is 5.32 Å². The van der Waals surface area contributed by atoms with Gasteiger partial charge in [-0.3, -0.25) is 4.79 Å². The number of alkyl halides is 1. The summed E-state index contributed by atoms with van der Waals surface area (Å²) in [5, 5.41) is 3.33. The number of hydrogen-bond acceptors (Lipinski definition) is 3. The van der Waals surface area contributed by atoms with Gasteiger partial charge in [0, 0.05) is 13.0 Å². The van der Waals surface area contributed by atoms with E-state index in [4.69, 9.17) is 4.74 Å². The molecule has 2 saturated heterocycles. The van der Waals surface area contributed by atoms with Crippen molar-refractivity contribution in [3.05, 3.63) is 0 Å². The van der Waals surface area contributed by atoms with E-state index in [0.717, 1.165) is 45.4 Å². The Morgan fingerprint density at radius 2 is 2.19 bits per heavy atom. The molecule has 2 fully saturated rings. The topological polar surface area (TPSA) is 41.6 Å². The van der Waals surface area contributed by atoms with Gasteiger partial charge in [0.1, 0.15) is 4.11 Å². The number of amides is 1. The number of carbonyl (C=O) groups excluding carboxylic acids is 1. The predicted octanol–water partition coefficient (Wildman–Crippen LogP) is 0.996. The molecule has 0 aliphatic carbocycles. The minimum atomic E-state index is 0.170. The van der Waals surface area contributed by atoms with Crippen LogP contribution in [0.4, 0.5) is 0 Å². The van der Waals surface area contributed by atoms with Gasteiger partial charge in [0.25, 0.3) is 0 Å². The first-order chi connectivity index (χ1) is 7.75.